The first-order valence-electron chi connectivity index (χ1n) is 9.67. The van der Waals surface area contributed by atoms with E-state index < -0.39 is 33.9 Å². The van der Waals surface area contributed by atoms with Gasteiger partial charge in [0.2, 0.25) is 0 Å². The smallest absolute Gasteiger partial charge is 0.340 e. The highest BCUT2D eigenvalue weighted by Crippen LogP contribution is 2.38. The van der Waals surface area contributed by atoms with E-state index in [1.807, 2.05) is 0 Å². The van der Waals surface area contributed by atoms with E-state index in [-0.39, 0.29) is 32.9 Å². The van der Waals surface area contributed by atoms with E-state index in [2.05, 4.69) is 16.0 Å². The number of pyridine rings is 2. The number of hydrogen-bond acceptors (Lipinski definition) is 5. The highest BCUT2D eigenvalue weighted by atomic mass is 32.2. The van der Waals surface area contributed by atoms with Crippen LogP contribution in [0.4, 0.5) is 22.0 Å². The third kappa shape index (κ3) is 4.55. The van der Waals surface area contributed by atoms with E-state index in [4.69, 9.17) is 0 Å². The van der Waals surface area contributed by atoms with Crippen LogP contribution in [0.3, 0.4) is 0 Å². The number of nitriles is 1. The fraction of sp³-hybridized carbons (Fsp3) is 0.381. The lowest BCUT2D eigenvalue weighted by atomic mass is 9.87. The topological polar surface area (TPSA) is 88.6 Å². The molecule has 0 N–H and O–H groups in total. The number of nitrogens with zero attached hydrogens (tertiary/aromatic N) is 4. The first-order valence-corrected chi connectivity index (χ1v) is 11.3. The maximum atomic E-state index is 13.5. The zero-order valence-corrected chi connectivity index (χ0v) is 18.6. The highest BCUT2D eigenvalue weighted by molar-refractivity contribution is 7.91. The Hall–Kier alpha value is -3.07. The first kappa shape index (κ1) is 24.6. The van der Waals surface area contributed by atoms with Crippen molar-refractivity contribution >= 4 is 20.7 Å². The third-order valence-corrected chi connectivity index (χ3v) is 6.99. The molecule has 0 radical (unpaired) electrons. The van der Waals surface area contributed by atoms with Gasteiger partial charge in [0.05, 0.1) is 46.1 Å². The van der Waals surface area contributed by atoms with Crippen molar-refractivity contribution in [3.8, 4) is 17.5 Å². The fourth-order valence-corrected chi connectivity index (χ4v) is 4.16. The summed E-state index contributed by atoms with van der Waals surface area (Å²) in [5, 5.41) is 9.65. The van der Waals surface area contributed by atoms with Crippen LogP contribution in [0.15, 0.2) is 41.7 Å². The Morgan fingerprint density at radius 1 is 1.09 bits per heavy atom. The van der Waals surface area contributed by atoms with E-state index in [9.17, 15) is 35.6 Å². The minimum atomic E-state index is -5.71. The number of fused-ring (bicyclic) bond motifs is 1. The van der Waals surface area contributed by atoms with Crippen LogP contribution >= 0.6 is 0 Å². The van der Waals surface area contributed by atoms with Crippen LogP contribution in [-0.4, -0.2) is 40.8 Å². The lowest BCUT2D eigenvalue weighted by Gasteiger charge is -2.20. The quantitative estimate of drug-likeness (QED) is 0.463. The molecule has 3 aromatic heterocycles. The van der Waals surface area contributed by atoms with Gasteiger partial charge in [-0.2, -0.15) is 27.2 Å². The number of halogens is 5. The maximum Gasteiger partial charge on any atom is 0.455 e. The van der Waals surface area contributed by atoms with E-state index in [0.29, 0.717) is 5.56 Å². The van der Waals surface area contributed by atoms with Crippen molar-refractivity contribution in [3.05, 3.63) is 42.4 Å². The van der Waals surface area contributed by atoms with Gasteiger partial charge in [-0.25, -0.2) is 8.42 Å². The molecule has 0 aliphatic carbocycles. The van der Waals surface area contributed by atoms with Crippen LogP contribution in [-0.2, 0) is 21.8 Å². The SMILES string of the molecule is CCS(=O)(=O)c1cc(C(C)(C)C#N)cnc1-c1cc2ccn(CC(F)(F)C(F)(F)F)c2cn1. The molecule has 0 saturated carbocycles. The zero-order valence-electron chi connectivity index (χ0n) is 17.8. The fourth-order valence-electron chi connectivity index (χ4n) is 3.09. The minimum Gasteiger partial charge on any atom is -0.340 e. The Morgan fingerprint density at radius 2 is 1.76 bits per heavy atom. The monoisotopic (exact) mass is 486 g/mol. The van der Waals surface area contributed by atoms with Crippen molar-refractivity contribution in [3.63, 3.8) is 0 Å². The van der Waals surface area contributed by atoms with Gasteiger partial charge in [0, 0.05) is 17.8 Å². The Balaban J connectivity index is 2.13. The van der Waals surface area contributed by atoms with Gasteiger partial charge in [-0.15, -0.1) is 0 Å². The summed E-state index contributed by atoms with van der Waals surface area (Å²) in [6.45, 7) is 3.04. The molecule has 0 spiro atoms. The molecule has 3 heterocycles. The minimum absolute atomic E-state index is 0.00962. The van der Waals surface area contributed by atoms with Crippen LogP contribution in [0.5, 0.6) is 0 Å². The summed E-state index contributed by atoms with van der Waals surface area (Å²) in [5.74, 6) is -5.19. The summed E-state index contributed by atoms with van der Waals surface area (Å²) in [6, 6.07) is 6.12. The van der Waals surface area contributed by atoms with Gasteiger partial charge in [-0.1, -0.05) is 6.92 Å². The molecule has 33 heavy (non-hydrogen) atoms. The second-order valence-electron chi connectivity index (χ2n) is 7.99. The van der Waals surface area contributed by atoms with Gasteiger partial charge in [0.15, 0.2) is 9.84 Å². The van der Waals surface area contributed by atoms with Gasteiger partial charge in [0.25, 0.3) is 0 Å². The van der Waals surface area contributed by atoms with Gasteiger partial charge in [-0.05, 0) is 37.6 Å². The highest BCUT2D eigenvalue weighted by Gasteiger charge is 2.57. The predicted octanol–water partition coefficient (Wildman–Crippen LogP) is 4.89. The number of rotatable bonds is 6. The zero-order chi connectivity index (χ0) is 24.8. The summed E-state index contributed by atoms with van der Waals surface area (Å²) in [6.07, 6.45) is -2.18. The van der Waals surface area contributed by atoms with E-state index in [1.54, 1.807) is 13.8 Å². The number of alkyl halides is 5. The lowest BCUT2D eigenvalue weighted by molar-refractivity contribution is -0.286. The average Bonchev–Trinajstić information content (AvgIpc) is 3.13. The van der Waals surface area contributed by atoms with Crippen molar-refractivity contribution < 1.29 is 30.4 Å². The molecule has 176 valence electrons. The molecule has 0 aliphatic heterocycles. The molecule has 0 amide bonds. The van der Waals surface area contributed by atoms with Crippen molar-refractivity contribution in [2.45, 2.75) is 49.7 Å². The summed E-state index contributed by atoms with van der Waals surface area (Å²) < 4.78 is 90.9. The molecule has 0 bridgehead atoms. The molecule has 0 aliphatic rings. The first-order chi connectivity index (χ1) is 15.1. The Kier molecular flexibility index (Phi) is 6.00. The van der Waals surface area contributed by atoms with Gasteiger partial charge in [-0.3, -0.25) is 9.97 Å². The predicted molar refractivity (Wildman–Crippen MR) is 110 cm³/mol. The summed E-state index contributed by atoms with van der Waals surface area (Å²) in [5.41, 5.74) is -0.532. The molecule has 6 nitrogen and oxygen atoms in total. The molecule has 0 atom stereocenters. The number of hydrogen-bond donors (Lipinski definition) is 0. The molecule has 3 rings (SSSR count). The number of sulfone groups is 1. The molecular formula is C21H19F5N4O2S. The van der Waals surface area contributed by atoms with Crippen molar-refractivity contribution in [2.24, 2.45) is 0 Å². The second kappa shape index (κ2) is 8.06. The van der Waals surface area contributed by atoms with Gasteiger partial charge in [0.1, 0.15) is 5.69 Å². The van der Waals surface area contributed by atoms with Gasteiger partial charge < -0.3 is 4.57 Å². The molecule has 3 aromatic rings. The van der Waals surface area contributed by atoms with E-state index >= 15 is 0 Å². The normalized spacial score (nSPS) is 13.3. The maximum absolute atomic E-state index is 13.5. The van der Waals surface area contributed by atoms with E-state index in [0.717, 1.165) is 17.0 Å². The van der Waals surface area contributed by atoms with E-state index in [1.165, 1.54) is 31.3 Å². The van der Waals surface area contributed by atoms with Crippen LogP contribution in [0, 0.1) is 11.3 Å². The van der Waals surface area contributed by atoms with Crippen molar-refractivity contribution in [1.29, 1.82) is 5.26 Å². The second-order valence-corrected chi connectivity index (χ2v) is 10.2. The Morgan fingerprint density at radius 3 is 2.33 bits per heavy atom. The van der Waals surface area contributed by atoms with Crippen LogP contribution < -0.4 is 0 Å². The summed E-state index contributed by atoms with van der Waals surface area (Å²) in [4.78, 5) is 8.15. The molecule has 0 aromatic carbocycles. The Bertz CT molecular complexity index is 1360. The number of aromatic nitrogens is 3. The van der Waals surface area contributed by atoms with Crippen molar-refractivity contribution in [2.75, 3.05) is 5.75 Å². The summed E-state index contributed by atoms with van der Waals surface area (Å²) in [7, 11) is -3.80. The largest absolute Gasteiger partial charge is 0.455 e. The molecular weight excluding hydrogens is 467 g/mol. The molecule has 0 fully saturated rings. The lowest BCUT2D eigenvalue weighted by Crippen LogP contribution is -2.40. The van der Waals surface area contributed by atoms with Crippen LogP contribution in [0.1, 0.15) is 26.3 Å². The third-order valence-electron chi connectivity index (χ3n) is 5.25. The van der Waals surface area contributed by atoms with Crippen molar-refractivity contribution in [1.82, 2.24) is 14.5 Å². The van der Waals surface area contributed by atoms with Gasteiger partial charge >= 0.3 is 12.1 Å². The average molecular weight is 486 g/mol. The summed E-state index contributed by atoms with van der Waals surface area (Å²) >= 11 is 0. The molecule has 0 saturated heterocycles. The molecule has 0 unspecified atom stereocenters. The Labute approximate surface area is 186 Å². The van der Waals surface area contributed by atoms with Crippen LogP contribution in [0.2, 0.25) is 0 Å². The van der Waals surface area contributed by atoms with Crippen LogP contribution in [0.25, 0.3) is 22.3 Å². The molecule has 12 heteroatoms. The standard InChI is InChI=1S/C21H19F5N4O2S/c1-4-33(31,32)17-8-14(19(2,3)11-27)9-29-18(17)15-7-13-5-6-30(16(13)10-28-15)12-20(22,23)21(24,25)26/h5-10H,4,12H2,1-3H3.